The van der Waals surface area contributed by atoms with Crippen molar-refractivity contribution in [3.05, 3.63) is 34.1 Å². The van der Waals surface area contributed by atoms with Crippen LogP contribution in [0.25, 0.3) is 0 Å². The third-order valence-corrected chi connectivity index (χ3v) is 3.57. The van der Waals surface area contributed by atoms with Gasteiger partial charge in [0, 0.05) is 13.1 Å². The summed E-state index contributed by atoms with van der Waals surface area (Å²) in [5, 5.41) is 13.9. The Labute approximate surface area is 111 Å². The second-order valence-corrected chi connectivity index (χ2v) is 4.82. The van der Waals surface area contributed by atoms with Crippen LogP contribution in [0.4, 0.5) is 15.8 Å². The average Bonchev–Trinajstić information content (AvgIpc) is 2.83. The largest absolute Gasteiger partial charge is 0.379 e. The first-order chi connectivity index (χ1) is 9.11. The molecule has 0 aliphatic carbocycles. The molecule has 1 heterocycles. The Hall–Kier alpha value is -1.69. The van der Waals surface area contributed by atoms with E-state index in [1.807, 2.05) is 0 Å². The van der Waals surface area contributed by atoms with E-state index in [-0.39, 0.29) is 5.69 Å². The second-order valence-electron chi connectivity index (χ2n) is 4.82. The van der Waals surface area contributed by atoms with Crippen molar-refractivity contribution < 1.29 is 9.31 Å². The number of benzene rings is 1. The molecule has 1 unspecified atom stereocenters. The van der Waals surface area contributed by atoms with E-state index in [1.54, 1.807) is 6.07 Å². The Bertz CT molecular complexity index is 467. The molecule has 1 aromatic carbocycles. The number of rotatable bonds is 5. The molecule has 19 heavy (non-hydrogen) atoms. The summed E-state index contributed by atoms with van der Waals surface area (Å²) in [7, 11) is 0. The number of halogens is 1. The first-order valence-electron chi connectivity index (χ1n) is 6.51. The van der Waals surface area contributed by atoms with Gasteiger partial charge in [-0.1, -0.05) is 13.0 Å². The Kier molecular flexibility index (Phi) is 4.31. The third-order valence-electron chi connectivity index (χ3n) is 3.57. The summed E-state index contributed by atoms with van der Waals surface area (Å²) in [5.41, 5.74) is -0.201. The van der Waals surface area contributed by atoms with E-state index in [4.69, 9.17) is 0 Å². The van der Waals surface area contributed by atoms with Gasteiger partial charge in [-0.3, -0.25) is 10.1 Å². The Balaban J connectivity index is 2.00. The minimum atomic E-state index is -0.795. The molecule has 1 fully saturated rings. The molecule has 1 aliphatic rings. The smallest absolute Gasteiger partial charge is 0.327 e. The van der Waals surface area contributed by atoms with E-state index in [9.17, 15) is 14.5 Å². The number of nitrogens with zero attached hydrogens (tertiary/aromatic N) is 2. The van der Waals surface area contributed by atoms with E-state index in [2.05, 4.69) is 17.1 Å². The van der Waals surface area contributed by atoms with Crippen molar-refractivity contribution in [1.29, 1.82) is 0 Å². The lowest BCUT2D eigenvalue weighted by atomic mass is 10.1. The van der Waals surface area contributed by atoms with Crippen molar-refractivity contribution in [2.75, 3.05) is 31.5 Å². The molecule has 104 valence electrons. The number of anilines is 1. The molecule has 0 amide bonds. The van der Waals surface area contributed by atoms with Crippen LogP contribution in [0.2, 0.25) is 0 Å². The van der Waals surface area contributed by atoms with Crippen molar-refractivity contribution in [2.24, 2.45) is 5.92 Å². The zero-order valence-electron chi connectivity index (χ0n) is 10.9. The quantitative estimate of drug-likeness (QED) is 0.657. The van der Waals surface area contributed by atoms with Gasteiger partial charge in [0.25, 0.3) is 0 Å². The molecule has 1 aliphatic heterocycles. The highest BCUT2D eigenvalue weighted by Crippen LogP contribution is 2.28. The molecule has 6 heteroatoms. The number of nitrogens with one attached hydrogen (secondary N) is 1. The van der Waals surface area contributed by atoms with Gasteiger partial charge in [-0.15, -0.1) is 0 Å². The number of nitro benzene ring substituents is 1. The summed E-state index contributed by atoms with van der Waals surface area (Å²) in [6, 6.07) is 4.14. The van der Waals surface area contributed by atoms with E-state index in [1.165, 1.54) is 6.07 Å². The molecule has 0 bridgehead atoms. The van der Waals surface area contributed by atoms with Gasteiger partial charge in [0.15, 0.2) is 0 Å². The molecular weight excluding hydrogens is 249 g/mol. The van der Waals surface area contributed by atoms with Gasteiger partial charge in [-0.25, -0.2) is 0 Å². The molecule has 1 N–H and O–H groups in total. The van der Waals surface area contributed by atoms with Crippen LogP contribution in [-0.4, -0.2) is 36.0 Å². The van der Waals surface area contributed by atoms with Gasteiger partial charge in [0.2, 0.25) is 5.82 Å². The Morgan fingerprint density at radius 2 is 2.37 bits per heavy atom. The van der Waals surface area contributed by atoms with Gasteiger partial charge >= 0.3 is 5.69 Å². The average molecular weight is 267 g/mol. The van der Waals surface area contributed by atoms with Crippen LogP contribution in [0.1, 0.15) is 13.3 Å². The second kappa shape index (κ2) is 5.97. The van der Waals surface area contributed by atoms with Crippen molar-refractivity contribution in [2.45, 2.75) is 13.3 Å². The van der Waals surface area contributed by atoms with E-state index in [0.29, 0.717) is 12.5 Å². The highest BCUT2D eigenvalue weighted by molar-refractivity contribution is 5.61. The molecule has 0 spiro atoms. The zero-order chi connectivity index (χ0) is 13.8. The van der Waals surface area contributed by atoms with E-state index >= 15 is 0 Å². The third kappa shape index (κ3) is 3.20. The van der Waals surface area contributed by atoms with Crippen LogP contribution in [-0.2, 0) is 0 Å². The van der Waals surface area contributed by atoms with Crippen molar-refractivity contribution in [3.8, 4) is 0 Å². The molecule has 1 saturated heterocycles. The number of hydrogen-bond donors (Lipinski definition) is 1. The predicted molar refractivity (Wildman–Crippen MR) is 71.8 cm³/mol. The van der Waals surface area contributed by atoms with Crippen LogP contribution in [0.5, 0.6) is 0 Å². The lowest BCUT2D eigenvalue weighted by Crippen LogP contribution is -2.22. The Morgan fingerprint density at radius 3 is 3.00 bits per heavy atom. The van der Waals surface area contributed by atoms with Gasteiger partial charge in [0.1, 0.15) is 5.69 Å². The van der Waals surface area contributed by atoms with Gasteiger partial charge in [-0.2, -0.15) is 4.39 Å². The number of hydrogen-bond acceptors (Lipinski definition) is 4. The van der Waals surface area contributed by atoms with Gasteiger partial charge < -0.3 is 10.2 Å². The van der Waals surface area contributed by atoms with E-state index < -0.39 is 16.4 Å². The zero-order valence-corrected chi connectivity index (χ0v) is 10.9. The number of likely N-dealkylation sites (tertiary alicyclic amines) is 1. The maximum atomic E-state index is 13.4. The highest BCUT2D eigenvalue weighted by Gasteiger charge is 2.23. The predicted octanol–water partition coefficient (Wildman–Crippen LogP) is 2.49. The fourth-order valence-electron chi connectivity index (χ4n) is 2.46. The standard InChI is InChI=1S/C13H18FN3O2/c1-2-16-7-6-10(9-16)8-15-12-5-3-4-11(14)13(12)17(18)19/h3-5,10,15H,2,6-9H2,1H3. The lowest BCUT2D eigenvalue weighted by Gasteiger charge is -2.14. The van der Waals surface area contributed by atoms with Crippen LogP contribution < -0.4 is 5.32 Å². The fraction of sp³-hybridized carbons (Fsp3) is 0.538. The van der Waals surface area contributed by atoms with Crippen LogP contribution in [0.3, 0.4) is 0 Å². The van der Waals surface area contributed by atoms with E-state index in [0.717, 1.165) is 32.1 Å². The monoisotopic (exact) mass is 267 g/mol. The normalized spacial score (nSPS) is 19.6. The Morgan fingerprint density at radius 1 is 1.58 bits per heavy atom. The van der Waals surface area contributed by atoms with Crippen LogP contribution >= 0.6 is 0 Å². The topological polar surface area (TPSA) is 58.4 Å². The molecule has 1 atom stereocenters. The summed E-state index contributed by atoms with van der Waals surface area (Å²) in [6.45, 7) is 5.84. The highest BCUT2D eigenvalue weighted by atomic mass is 19.1. The lowest BCUT2D eigenvalue weighted by molar-refractivity contribution is -0.386. The van der Waals surface area contributed by atoms with Crippen LogP contribution in [0, 0.1) is 21.8 Å². The maximum Gasteiger partial charge on any atom is 0.327 e. The molecular formula is C13H18FN3O2. The minimum absolute atomic E-state index is 0.264. The first kappa shape index (κ1) is 13.7. The van der Waals surface area contributed by atoms with Crippen LogP contribution in [0.15, 0.2) is 18.2 Å². The number of para-hydroxylation sites is 1. The minimum Gasteiger partial charge on any atom is -0.379 e. The maximum absolute atomic E-state index is 13.4. The molecule has 2 rings (SSSR count). The molecule has 1 aromatic rings. The van der Waals surface area contributed by atoms with Gasteiger partial charge in [0.05, 0.1) is 4.92 Å². The van der Waals surface area contributed by atoms with Crippen molar-refractivity contribution in [3.63, 3.8) is 0 Å². The molecule has 0 aromatic heterocycles. The fourth-order valence-corrected chi connectivity index (χ4v) is 2.46. The summed E-state index contributed by atoms with van der Waals surface area (Å²) < 4.78 is 13.4. The summed E-state index contributed by atoms with van der Waals surface area (Å²) >= 11 is 0. The number of nitro groups is 1. The van der Waals surface area contributed by atoms with Gasteiger partial charge in [-0.05, 0) is 37.6 Å². The summed E-state index contributed by atoms with van der Waals surface area (Å²) in [5.74, 6) is -0.334. The SMILES string of the molecule is CCN1CCC(CNc2cccc(F)c2[N+](=O)[O-])C1. The van der Waals surface area contributed by atoms with Crippen molar-refractivity contribution in [1.82, 2.24) is 4.90 Å². The van der Waals surface area contributed by atoms with Crippen molar-refractivity contribution >= 4 is 11.4 Å². The first-order valence-corrected chi connectivity index (χ1v) is 6.51. The summed E-state index contributed by atoms with van der Waals surface area (Å²) in [4.78, 5) is 12.5. The molecule has 0 radical (unpaired) electrons. The molecule has 0 saturated carbocycles. The summed E-state index contributed by atoms with van der Waals surface area (Å²) in [6.07, 6.45) is 1.07. The molecule has 5 nitrogen and oxygen atoms in total.